The number of halogens is 1. The Bertz CT molecular complexity index is 756. The molecule has 7 heteroatoms. The van der Waals surface area contributed by atoms with Gasteiger partial charge in [-0.1, -0.05) is 6.07 Å². The Kier molecular flexibility index (Phi) is 4.63. The Morgan fingerprint density at radius 2 is 2.18 bits per heavy atom. The molecule has 0 atom stereocenters. The van der Waals surface area contributed by atoms with Crippen LogP contribution in [0.5, 0.6) is 0 Å². The first kappa shape index (κ1) is 15.4. The predicted octanol–water partition coefficient (Wildman–Crippen LogP) is 2.96. The van der Waals surface area contributed by atoms with Gasteiger partial charge in [-0.3, -0.25) is 10.1 Å². The number of aryl methyl sites for hydroxylation is 1. The van der Waals surface area contributed by atoms with Crippen LogP contribution in [0.4, 0.5) is 15.9 Å². The third kappa shape index (κ3) is 3.55. The summed E-state index contributed by atoms with van der Waals surface area (Å²) in [6.07, 6.45) is 0.646. The minimum atomic E-state index is -0.642. The number of aromatic nitrogens is 1. The minimum absolute atomic E-state index is 0.229. The Morgan fingerprint density at radius 3 is 2.82 bits per heavy atom. The lowest BCUT2D eigenvalue weighted by Gasteiger charge is -2.08. The molecule has 0 bridgehead atoms. The molecule has 1 aromatic heterocycles. The highest BCUT2D eigenvalue weighted by atomic mass is 19.1. The van der Waals surface area contributed by atoms with E-state index in [9.17, 15) is 14.5 Å². The second kappa shape index (κ2) is 6.63. The highest BCUT2D eigenvalue weighted by Gasteiger charge is 2.15. The summed E-state index contributed by atoms with van der Waals surface area (Å²) in [7, 11) is 0. The van der Waals surface area contributed by atoms with Gasteiger partial charge in [0.25, 0.3) is 0 Å². The topological polar surface area (TPSA) is 91.9 Å². The summed E-state index contributed by atoms with van der Waals surface area (Å²) < 4.78 is 13.0. The molecule has 0 aliphatic rings. The van der Waals surface area contributed by atoms with Gasteiger partial charge in [0.15, 0.2) is 0 Å². The average Bonchev–Trinajstić information content (AvgIpc) is 2.49. The van der Waals surface area contributed by atoms with Gasteiger partial charge in [0, 0.05) is 12.6 Å². The molecule has 2 rings (SSSR count). The van der Waals surface area contributed by atoms with Crippen molar-refractivity contribution in [3.8, 4) is 6.07 Å². The van der Waals surface area contributed by atoms with E-state index in [4.69, 9.17) is 5.26 Å². The van der Waals surface area contributed by atoms with E-state index in [1.54, 1.807) is 12.1 Å². The maximum absolute atomic E-state index is 13.0. The van der Waals surface area contributed by atoms with Crippen LogP contribution in [0.15, 0.2) is 30.3 Å². The van der Waals surface area contributed by atoms with Crippen molar-refractivity contribution in [3.63, 3.8) is 0 Å². The number of benzene rings is 1. The van der Waals surface area contributed by atoms with Gasteiger partial charge in [0.05, 0.1) is 4.92 Å². The van der Waals surface area contributed by atoms with Crippen LogP contribution < -0.4 is 5.32 Å². The van der Waals surface area contributed by atoms with Gasteiger partial charge in [-0.25, -0.2) is 9.37 Å². The first-order valence-corrected chi connectivity index (χ1v) is 6.55. The van der Waals surface area contributed by atoms with Gasteiger partial charge in [-0.15, -0.1) is 0 Å². The number of nitrogens with zero attached hydrogens (tertiary/aromatic N) is 3. The molecule has 0 spiro atoms. The lowest BCUT2D eigenvalue weighted by Crippen LogP contribution is -2.08. The van der Waals surface area contributed by atoms with Crippen molar-refractivity contribution >= 4 is 11.5 Å². The van der Waals surface area contributed by atoms with Crippen molar-refractivity contribution in [2.45, 2.75) is 13.3 Å². The molecule has 2 aromatic rings. The van der Waals surface area contributed by atoms with Gasteiger partial charge in [0.2, 0.25) is 5.69 Å². The molecule has 0 amide bonds. The Balaban J connectivity index is 2.03. The third-order valence-corrected chi connectivity index (χ3v) is 3.18. The monoisotopic (exact) mass is 300 g/mol. The molecule has 0 saturated carbocycles. The molecule has 112 valence electrons. The van der Waals surface area contributed by atoms with Crippen molar-refractivity contribution in [1.29, 1.82) is 5.26 Å². The molecular formula is C15H13FN4O2. The summed E-state index contributed by atoms with van der Waals surface area (Å²) in [4.78, 5) is 14.0. The van der Waals surface area contributed by atoms with E-state index in [2.05, 4.69) is 10.3 Å². The first-order chi connectivity index (χ1) is 10.5. The van der Waals surface area contributed by atoms with Crippen LogP contribution in [0.2, 0.25) is 0 Å². The molecular weight excluding hydrogens is 287 g/mol. The van der Waals surface area contributed by atoms with Crippen molar-refractivity contribution in [2.24, 2.45) is 0 Å². The normalized spacial score (nSPS) is 10.0. The maximum Gasteiger partial charge on any atom is 0.305 e. The van der Waals surface area contributed by atoms with E-state index >= 15 is 0 Å². The van der Waals surface area contributed by atoms with Crippen LogP contribution in [0.1, 0.15) is 16.8 Å². The number of nitriles is 1. The Hall–Kier alpha value is -3.01. The van der Waals surface area contributed by atoms with Gasteiger partial charge in [-0.05, 0) is 42.7 Å². The molecule has 0 fully saturated rings. The first-order valence-electron chi connectivity index (χ1n) is 6.55. The van der Waals surface area contributed by atoms with Gasteiger partial charge >= 0.3 is 5.69 Å². The zero-order chi connectivity index (χ0) is 16.1. The van der Waals surface area contributed by atoms with Gasteiger partial charge in [0.1, 0.15) is 17.7 Å². The fraction of sp³-hybridized carbons (Fsp3) is 0.200. The van der Waals surface area contributed by atoms with Crippen LogP contribution >= 0.6 is 0 Å². The van der Waals surface area contributed by atoms with Crippen molar-refractivity contribution in [1.82, 2.24) is 4.98 Å². The smallest absolute Gasteiger partial charge is 0.305 e. The van der Waals surface area contributed by atoms with E-state index < -0.39 is 4.92 Å². The highest BCUT2D eigenvalue weighted by molar-refractivity contribution is 5.50. The van der Waals surface area contributed by atoms with Gasteiger partial charge < -0.3 is 5.32 Å². The maximum atomic E-state index is 13.0. The average molecular weight is 300 g/mol. The summed E-state index contributed by atoms with van der Waals surface area (Å²) in [6, 6.07) is 9.00. The summed E-state index contributed by atoms with van der Waals surface area (Å²) in [5, 5.41) is 22.6. The van der Waals surface area contributed by atoms with E-state index in [-0.39, 0.29) is 17.2 Å². The lowest BCUT2D eigenvalue weighted by molar-refractivity contribution is -0.385. The number of hydrogen-bond acceptors (Lipinski definition) is 5. The molecule has 1 N–H and O–H groups in total. The number of rotatable bonds is 5. The van der Waals surface area contributed by atoms with Crippen LogP contribution in [-0.4, -0.2) is 16.5 Å². The van der Waals surface area contributed by atoms with E-state index in [0.29, 0.717) is 18.8 Å². The molecule has 0 saturated heterocycles. The van der Waals surface area contributed by atoms with Crippen LogP contribution in [0, 0.1) is 34.2 Å². The highest BCUT2D eigenvalue weighted by Crippen LogP contribution is 2.18. The Labute approximate surface area is 126 Å². The molecule has 0 radical (unpaired) electrons. The predicted molar refractivity (Wildman–Crippen MR) is 78.9 cm³/mol. The molecule has 1 aromatic carbocycles. The molecule has 0 aliphatic heterocycles. The van der Waals surface area contributed by atoms with Crippen LogP contribution in [0.25, 0.3) is 0 Å². The zero-order valence-electron chi connectivity index (χ0n) is 11.8. The van der Waals surface area contributed by atoms with E-state index in [0.717, 1.165) is 11.1 Å². The standard InChI is InChI=1S/C15H13FN4O2/c1-10-8-12(16)3-2-11(10)6-7-18-15-5-4-14(20(21)22)13(9-17)19-15/h2-5,8H,6-7H2,1H3,(H,18,19). The number of nitrogens with one attached hydrogen (secondary N) is 1. The Morgan fingerprint density at radius 1 is 1.41 bits per heavy atom. The summed E-state index contributed by atoms with van der Waals surface area (Å²) in [6.45, 7) is 2.35. The van der Waals surface area contributed by atoms with Crippen molar-refractivity contribution < 1.29 is 9.31 Å². The summed E-state index contributed by atoms with van der Waals surface area (Å²) in [5.74, 6) is 0.117. The molecule has 0 unspecified atom stereocenters. The largest absolute Gasteiger partial charge is 0.370 e. The van der Waals surface area contributed by atoms with Crippen LogP contribution in [-0.2, 0) is 6.42 Å². The summed E-state index contributed by atoms with van der Waals surface area (Å²) >= 11 is 0. The quantitative estimate of drug-likeness (QED) is 0.677. The molecule has 22 heavy (non-hydrogen) atoms. The number of nitro groups is 1. The van der Waals surface area contributed by atoms with E-state index in [1.165, 1.54) is 24.3 Å². The lowest BCUT2D eigenvalue weighted by atomic mass is 10.1. The molecule has 1 heterocycles. The molecule has 0 aliphatic carbocycles. The SMILES string of the molecule is Cc1cc(F)ccc1CCNc1ccc([N+](=O)[O-])c(C#N)n1. The fourth-order valence-electron chi connectivity index (χ4n) is 2.04. The van der Waals surface area contributed by atoms with Crippen molar-refractivity contribution in [2.75, 3.05) is 11.9 Å². The number of hydrogen-bond donors (Lipinski definition) is 1. The van der Waals surface area contributed by atoms with Crippen molar-refractivity contribution in [3.05, 3.63) is 63.1 Å². The van der Waals surface area contributed by atoms with E-state index in [1.807, 2.05) is 6.92 Å². The minimum Gasteiger partial charge on any atom is -0.370 e. The number of pyridine rings is 1. The van der Waals surface area contributed by atoms with Crippen LogP contribution in [0.3, 0.4) is 0 Å². The number of anilines is 1. The summed E-state index contributed by atoms with van der Waals surface area (Å²) in [5.41, 5.74) is 1.31. The third-order valence-electron chi connectivity index (χ3n) is 3.18. The second-order valence-corrected chi connectivity index (χ2v) is 4.68. The molecule has 6 nitrogen and oxygen atoms in total. The fourth-order valence-corrected chi connectivity index (χ4v) is 2.04. The zero-order valence-corrected chi connectivity index (χ0v) is 11.8. The second-order valence-electron chi connectivity index (χ2n) is 4.68. The van der Waals surface area contributed by atoms with Gasteiger partial charge in [-0.2, -0.15) is 5.26 Å².